The summed E-state index contributed by atoms with van der Waals surface area (Å²) < 4.78 is 43.5. The van der Waals surface area contributed by atoms with Crippen LogP contribution in [0.5, 0.6) is 5.75 Å². The number of hydrogen-bond donors (Lipinski definition) is 1. The zero-order chi connectivity index (χ0) is 20.1. The molecule has 1 heterocycles. The maximum absolute atomic E-state index is 12.6. The lowest BCUT2D eigenvalue weighted by Crippen LogP contribution is -2.45. The Morgan fingerprint density at radius 3 is 2.43 bits per heavy atom. The van der Waals surface area contributed by atoms with Crippen molar-refractivity contribution in [3.05, 3.63) is 64.7 Å². The molecule has 1 aliphatic heterocycles. The van der Waals surface area contributed by atoms with E-state index in [0.29, 0.717) is 30.3 Å². The molecule has 0 aromatic heterocycles. The Morgan fingerprint density at radius 1 is 1.11 bits per heavy atom. The van der Waals surface area contributed by atoms with Gasteiger partial charge in [-0.25, -0.2) is 0 Å². The van der Waals surface area contributed by atoms with Gasteiger partial charge in [0.25, 0.3) is 0 Å². The van der Waals surface area contributed by atoms with E-state index in [1.54, 1.807) is 12.1 Å². The summed E-state index contributed by atoms with van der Waals surface area (Å²) in [5.74, 6) is 0.641. The standard InChI is InChI=1S/C21H23ClF3NO2/c22-18-7-3-15(4-8-18)12-20(27)26-11-1-2-16(13-26)14-28-19-9-5-17(6-10-19)21(23,24)25/h3-10,16,20,27H,1-2,11-14H2. The van der Waals surface area contributed by atoms with Crippen LogP contribution in [0.3, 0.4) is 0 Å². The predicted octanol–water partition coefficient (Wildman–Crippen LogP) is 5.01. The summed E-state index contributed by atoms with van der Waals surface area (Å²) in [6.07, 6.45) is -2.51. The SMILES string of the molecule is OC(Cc1ccc(Cl)cc1)N1CCCC(COc2ccc(C(F)(F)F)cc2)C1. The largest absolute Gasteiger partial charge is 0.493 e. The number of likely N-dealkylation sites (tertiary alicyclic amines) is 1. The summed E-state index contributed by atoms with van der Waals surface area (Å²) in [5, 5.41) is 11.2. The number of piperidine rings is 1. The van der Waals surface area contributed by atoms with Crippen molar-refractivity contribution in [1.29, 1.82) is 0 Å². The van der Waals surface area contributed by atoms with Gasteiger partial charge in [0.15, 0.2) is 0 Å². The van der Waals surface area contributed by atoms with Gasteiger partial charge in [0.05, 0.1) is 12.2 Å². The molecular weight excluding hydrogens is 391 g/mol. The fourth-order valence-electron chi connectivity index (χ4n) is 3.42. The van der Waals surface area contributed by atoms with E-state index in [4.69, 9.17) is 16.3 Å². The van der Waals surface area contributed by atoms with E-state index in [0.717, 1.165) is 37.1 Å². The van der Waals surface area contributed by atoms with Crippen LogP contribution in [0.15, 0.2) is 48.5 Å². The number of halogens is 4. The number of hydrogen-bond acceptors (Lipinski definition) is 3. The minimum absolute atomic E-state index is 0.218. The van der Waals surface area contributed by atoms with Crippen molar-refractivity contribution >= 4 is 11.6 Å². The molecule has 2 aromatic carbocycles. The third kappa shape index (κ3) is 5.87. The Bertz CT molecular complexity index is 750. The topological polar surface area (TPSA) is 32.7 Å². The average molecular weight is 414 g/mol. The van der Waals surface area contributed by atoms with Crippen LogP contribution in [-0.2, 0) is 12.6 Å². The van der Waals surface area contributed by atoms with Gasteiger partial charge in [-0.1, -0.05) is 23.7 Å². The molecule has 0 amide bonds. The fraction of sp³-hybridized carbons (Fsp3) is 0.429. The third-order valence-electron chi connectivity index (χ3n) is 4.97. The van der Waals surface area contributed by atoms with Crippen LogP contribution in [0.4, 0.5) is 13.2 Å². The molecule has 1 saturated heterocycles. The summed E-state index contributed by atoms with van der Waals surface area (Å²) in [5.41, 5.74) is 0.328. The highest BCUT2D eigenvalue weighted by Crippen LogP contribution is 2.30. The van der Waals surface area contributed by atoms with Crippen LogP contribution in [0.25, 0.3) is 0 Å². The molecule has 0 radical (unpaired) electrons. The van der Waals surface area contributed by atoms with Gasteiger partial charge >= 0.3 is 6.18 Å². The lowest BCUT2D eigenvalue weighted by molar-refractivity contribution is -0.137. The first-order chi connectivity index (χ1) is 13.3. The molecule has 0 aliphatic carbocycles. The molecule has 0 bridgehead atoms. The lowest BCUT2D eigenvalue weighted by atomic mass is 9.98. The van der Waals surface area contributed by atoms with E-state index in [1.165, 1.54) is 12.1 Å². The van der Waals surface area contributed by atoms with Crippen LogP contribution in [0, 0.1) is 5.92 Å². The molecule has 3 rings (SSSR count). The minimum Gasteiger partial charge on any atom is -0.493 e. The maximum atomic E-state index is 12.6. The van der Waals surface area contributed by atoms with Crippen molar-refractivity contribution in [2.75, 3.05) is 19.7 Å². The Kier molecular flexibility index (Phi) is 6.86. The van der Waals surface area contributed by atoms with Crippen LogP contribution in [0.2, 0.25) is 5.02 Å². The second-order valence-corrected chi connectivity index (χ2v) is 7.58. The summed E-state index contributed by atoms with van der Waals surface area (Å²) in [6.45, 7) is 1.91. The molecule has 152 valence electrons. The second kappa shape index (κ2) is 9.16. The number of benzene rings is 2. The highest BCUT2D eigenvalue weighted by molar-refractivity contribution is 6.30. The van der Waals surface area contributed by atoms with Gasteiger partial charge < -0.3 is 9.84 Å². The molecule has 2 aromatic rings. The first kappa shape index (κ1) is 21.0. The number of aliphatic hydroxyl groups excluding tert-OH is 1. The van der Waals surface area contributed by atoms with Crippen molar-refractivity contribution in [2.24, 2.45) is 5.92 Å². The number of ether oxygens (including phenoxy) is 1. The zero-order valence-corrected chi connectivity index (χ0v) is 16.1. The minimum atomic E-state index is -4.34. The Hall–Kier alpha value is -1.76. The second-order valence-electron chi connectivity index (χ2n) is 7.15. The van der Waals surface area contributed by atoms with E-state index in [9.17, 15) is 18.3 Å². The zero-order valence-electron chi connectivity index (χ0n) is 15.3. The summed E-state index contributed by atoms with van der Waals surface area (Å²) >= 11 is 5.89. The average Bonchev–Trinajstić information content (AvgIpc) is 2.68. The summed E-state index contributed by atoms with van der Waals surface area (Å²) in [7, 11) is 0. The van der Waals surface area contributed by atoms with E-state index in [-0.39, 0.29) is 5.92 Å². The van der Waals surface area contributed by atoms with Gasteiger partial charge in [-0.15, -0.1) is 0 Å². The van der Waals surface area contributed by atoms with Gasteiger partial charge in [0.2, 0.25) is 0 Å². The Labute approximate surface area is 167 Å². The predicted molar refractivity (Wildman–Crippen MR) is 102 cm³/mol. The molecule has 2 atom stereocenters. The van der Waals surface area contributed by atoms with Gasteiger partial charge in [0.1, 0.15) is 12.0 Å². The van der Waals surface area contributed by atoms with Crippen molar-refractivity contribution in [3.8, 4) is 5.75 Å². The normalized spacial score (nSPS) is 19.4. The van der Waals surface area contributed by atoms with Gasteiger partial charge in [-0.2, -0.15) is 13.2 Å². The first-order valence-electron chi connectivity index (χ1n) is 9.28. The molecule has 1 fully saturated rings. The fourth-order valence-corrected chi connectivity index (χ4v) is 3.54. The highest BCUT2D eigenvalue weighted by atomic mass is 35.5. The first-order valence-corrected chi connectivity index (χ1v) is 9.65. The molecule has 1 N–H and O–H groups in total. The monoisotopic (exact) mass is 413 g/mol. The molecular formula is C21H23ClF3NO2. The highest BCUT2D eigenvalue weighted by Gasteiger charge is 2.30. The van der Waals surface area contributed by atoms with Crippen LogP contribution in [0.1, 0.15) is 24.0 Å². The molecule has 0 saturated carbocycles. The van der Waals surface area contributed by atoms with E-state index < -0.39 is 18.0 Å². The number of nitrogens with zero attached hydrogens (tertiary/aromatic N) is 1. The van der Waals surface area contributed by atoms with Crippen molar-refractivity contribution < 1.29 is 23.0 Å². The molecule has 1 aliphatic rings. The van der Waals surface area contributed by atoms with Gasteiger partial charge in [0, 0.05) is 30.5 Å². The van der Waals surface area contributed by atoms with Crippen LogP contribution >= 0.6 is 11.6 Å². The number of rotatable bonds is 6. The van der Waals surface area contributed by atoms with Crippen molar-refractivity contribution in [1.82, 2.24) is 4.90 Å². The number of aliphatic hydroxyl groups is 1. The van der Waals surface area contributed by atoms with Crippen molar-refractivity contribution in [3.63, 3.8) is 0 Å². The quantitative estimate of drug-likeness (QED) is 0.722. The van der Waals surface area contributed by atoms with E-state index in [1.807, 2.05) is 17.0 Å². The van der Waals surface area contributed by atoms with E-state index in [2.05, 4.69) is 0 Å². The molecule has 2 unspecified atom stereocenters. The van der Waals surface area contributed by atoms with Gasteiger partial charge in [-0.3, -0.25) is 4.90 Å². The Balaban J connectivity index is 1.49. The van der Waals surface area contributed by atoms with Crippen molar-refractivity contribution in [2.45, 2.75) is 31.7 Å². The number of alkyl halides is 3. The molecule has 28 heavy (non-hydrogen) atoms. The van der Waals surface area contributed by atoms with Crippen LogP contribution in [-0.4, -0.2) is 35.9 Å². The maximum Gasteiger partial charge on any atom is 0.416 e. The third-order valence-corrected chi connectivity index (χ3v) is 5.22. The van der Waals surface area contributed by atoms with E-state index >= 15 is 0 Å². The van der Waals surface area contributed by atoms with Crippen LogP contribution < -0.4 is 4.74 Å². The summed E-state index contributed by atoms with van der Waals surface area (Å²) in [4.78, 5) is 2.03. The summed E-state index contributed by atoms with van der Waals surface area (Å²) in [6, 6.07) is 12.2. The van der Waals surface area contributed by atoms with Gasteiger partial charge in [-0.05, 0) is 54.8 Å². The smallest absolute Gasteiger partial charge is 0.416 e. The Morgan fingerprint density at radius 2 is 1.79 bits per heavy atom. The molecule has 0 spiro atoms. The molecule has 7 heteroatoms. The molecule has 3 nitrogen and oxygen atoms in total. The lowest BCUT2D eigenvalue weighted by Gasteiger charge is -2.35.